The van der Waals surface area contributed by atoms with Crippen LogP contribution in [0.5, 0.6) is 0 Å². The molecule has 0 radical (unpaired) electrons. The zero-order valence-corrected chi connectivity index (χ0v) is 10.7. The van der Waals surface area contributed by atoms with Gasteiger partial charge in [-0.25, -0.2) is 4.98 Å². The number of amides is 1. The van der Waals surface area contributed by atoms with E-state index in [2.05, 4.69) is 10.3 Å². The summed E-state index contributed by atoms with van der Waals surface area (Å²) in [6.07, 6.45) is 3.55. The zero-order chi connectivity index (χ0) is 14.0. The Kier molecular flexibility index (Phi) is 3.69. The fourth-order valence-electron chi connectivity index (χ4n) is 2.51. The quantitative estimate of drug-likeness (QED) is 0.755. The summed E-state index contributed by atoms with van der Waals surface area (Å²) in [5.74, 6) is -1.17. The number of carbonyl (C=O) groups excluding carboxylic acids is 1. The lowest BCUT2D eigenvalue weighted by Gasteiger charge is -2.16. The van der Waals surface area contributed by atoms with Crippen molar-refractivity contribution in [1.82, 2.24) is 4.98 Å². The molecule has 2 atom stereocenters. The first kappa shape index (κ1) is 13.3. The molecule has 4 N–H and O–H groups in total. The Morgan fingerprint density at radius 1 is 1.47 bits per heavy atom. The Morgan fingerprint density at radius 3 is 2.79 bits per heavy atom. The molecular formula is C13H17N3O3. The number of nitrogens with zero attached hydrogens (tertiary/aromatic N) is 1. The number of rotatable bonds is 4. The molecule has 0 saturated heterocycles. The van der Waals surface area contributed by atoms with Crippen LogP contribution in [0.25, 0.3) is 0 Å². The lowest BCUT2D eigenvalue weighted by atomic mass is 10.1. The molecular weight excluding hydrogens is 246 g/mol. The maximum absolute atomic E-state index is 11.4. The third-order valence-electron chi connectivity index (χ3n) is 3.53. The van der Waals surface area contributed by atoms with E-state index >= 15 is 0 Å². The second kappa shape index (κ2) is 5.26. The van der Waals surface area contributed by atoms with E-state index < -0.39 is 11.9 Å². The van der Waals surface area contributed by atoms with Crippen LogP contribution in [-0.2, 0) is 4.79 Å². The molecule has 1 amide bonds. The van der Waals surface area contributed by atoms with E-state index in [4.69, 9.17) is 10.8 Å². The van der Waals surface area contributed by atoms with E-state index in [1.807, 2.05) is 0 Å². The highest BCUT2D eigenvalue weighted by atomic mass is 16.4. The number of hydrogen-bond donors (Lipinski definition) is 3. The molecule has 0 bridgehead atoms. The van der Waals surface area contributed by atoms with Crippen LogP contribution >= 0.6 is 0 Å². The van der Waals surface area contributed by atoms with Crippen molar-refractivity contribution in [3.63, 3.8) is 0 Å². The van der Waals surface area contributed by atoms with Crippen molar-refractivity contribution in [2.45, 2.75) is 32.2 Å². The number of aliphatic carboxylic acids is 1. The van der Waals surface area contributed by atoms with Crippen molar-refractivity contribution in [3.8, 4) is 0 Å². The van der Waals surface area contributed by atoms with Gasteiger partial charge in [0.15, 0.2) is 0 Å². The molecule has 1 aromatic rings. The molecule has 0 unspecified atom stereocenters. The largest absolute Gasteiger partial charge is 0.481 e. The maximum atomic E-state index is 11.4. The van der Waals surface area contributed by atoms with Gasteiger partial charge in [-0.1, -0.05) is 0 Å². The van der Waals surface area contributed by atoms with Crippen LogP contribution in [0.2, 0.25) is 0 Å². The summed E-state index contributed by atoms with van der Waals surface area (Å²) in [6.45, 7) is 1.79. The molecule has 1 aromatic heterocycles. The predicted molar refractivity (Wildman–Crippen MR) is 69.9 cm³/mol. The predicted octanol–water partition coefficient (Wildman–Crippen LogP) is 1.15. The topological polar surface area (TPSA) is 105 Å². The van der Waals surface area contributed by atoms with Gasteiger partial charge < -0.3 is 16.2 Å². The molecule has 1 aliphatic rings. The van der Waals surface area contributed by atoms with Crippen LogP contribution < -0.4 is 11.1 Å². The number of hydrogen-bond acceptors (Lipinski definition) is 4. The van der Waals surface area contributed by atoms with E-state index in [1.165, 1.54) is 0 Å². The van der Waals surface area contributed by atoms with Gasteiger partial charge in [-0.05, 0) is 37.8 Å². The van der Waals surface area contributed by atoms with Crippen LogP contribution in [0.15, 0.2) is 12.3 Å². The van der Waals surface area contributed by atoms with E-state index in [9.17, 15) is 9.59 Å². The molecule has 0 aliphatic heterocycles. The summed E-state index contributed by atoms with van der Waals surface area (Å²) in [6, 6.07) is 1.74. The molecule has 19 heavy (non-hydrogen) atoms. The number of nitrogens with two attached hydrogens (primary N) is 1. The molecule has 1 heterocycles. The molecule has 1 aliphatic carbocycles. The van der Waals surface area contributed by atoms with Gasteiger partial charge in [0.25, 0.3) is 5.91 Å². The number of carboxylic acid groups (broad SMARTS) is 1. The smallest absolute Gasteiger partial charge is 0.306 e. The van der Waals surface area contributed by atoms with Crippen LogP contribution in [0.1, 0.15) is 35.2 Å². The molecule has 2 rings (SSSR count). The van der Waals surface area contributed by atoms with Gasteiger partial charge in [0.05, 0.1) is 11.5 Å². The normalized spacial score (nSPS) is 22.2. The number of pyridine rings is 1. The molecule has 6 heteroatoms. The zero-order valence-electron chi connectivity index (χ0n) is 10.7. The van der Waals surface area contributed by atoms with Crippen molar-refractivity contribution in [2.75, 3.05) is 5.32 Å². The summed E-state index contributed by atoms with van der Waals surface area (Å²) in [7, 11) is 0. The van der Waals surface area contributed by atoms with E-state index in [-0.39, 0.29) is 12.0 Å². The molecule has 1 saturated carbocycles. The van der Waals surface area contributed by atoms with Crippen molar-refractivity contribution in [2.24, 2.45) is 11.7 Å². The molecule has 0 spiro atoms. The monoisotopic (exact) mass is 263 g/mol. The summed E-state index contributed by atoms with van der Waals surface area (Å²) in [4.78, 5) is 26.5. The maximum Gasteiger partial charge on any atom is 0.306 e. The van der Waals surface area contributed by atoms with Gasteiger partial charge in [-0.3, -0.25) is 9.59 Å². The van der Waals surface area contributed by atoms with Gasteiger partial charge in [-0.15, -0.1) is 0 Å². The first-order valence-corrected chi connectivity index (χ1v) is 6.23. The highest BCUT2D eigenvalue weighted by Gasteiger charge is 2.30. The molecule has 6 nitrogen and oxygen atoms in total. The first-order valence-electron chi connectivity index (χ1n) is 6.23. The van der Waals surface area contributed by atoms with Gasteiger partial charge in [0.1, 0.15) is 5.82 Å². The number of nitrogens with one attached hydrogen (secondary N) is 1. The summed E-state index contributed by atoms with van der Waals surface area (Å²) in [5, 5.41) is 12.1. The van der Waals surface area contributed by atoms with E-state index in [1.54, 1.807) is 19.2 Å². The van der Waals surface area contributed by atoms with Crippen molar-refractivity contribution in [3.05, 3.63) is 23.4 Å². The van der Waals surface area contributed by atoms with Crippen molar-refractivity contribution >= 4 is 17.7 Å². The summed E-state index contributed by atoms with van der Waals surface area (Å²) in [5.41, 5.74) is 6.49. The summed E-state index contributed by atoms with van der Waals surface area (Å²) < 4.78 is 0. The number of aryl methyl sites for hydroxylation is 1. The van der Waals surface area contributed by atoms with Crippen LogP contribution in [0.3, 0.4) is 0 Å². The van der Waals surface area contributed by atoms with Gasteiger partial charge in [-0.2, -0.15) is 0 Å². The highest BCUT2D eigenvalue weighted by Crippen LogP contribution is 2.29. The second-order valence-electron chi connectivity index (χ2n) is 4.91. The van der Waals surface area contributed by atoms with Crippen molar-refractivity contribution < 1.29 is 14.7 Å². The van der Waals surface area contributed by atoms with Crippen LogP contribution in [0.4, 0.5) is 5.82 Å². The van der Waals surface area contributed by atoms with Gasteiger partial charge in [0.2, 0.25) is 0 Å². The molecule has 1 fully saturated rings. The average molecular weight is 263 g/mol. The molecule has 0 aromatic carbocycles. The third-order valence-corrected chi connectivity index (χ3v) is 3.53. The standard InChI is InChI=1S/C13H17N3O3/c1-7-4-5-15-12(10(7)11(14)17)16-9-3-2-8(6-9)13(18)19/h4-5,8-9H,2-3,6H2,1H3,(H2,14,17)(H,15,16)(H,18,19)/t8-,9+/m1/s1. The minimum atomic E-state index is -0.767. The average Bonchev–Trinajstić information content (AvgIpc) is 2.77. The Hall–Kier alpha value is -2.11. The van der Waals surface area contributed by atoms with Gasteiger partial charge >= 0.3 is 5.97 Å². The van der Waals surface area contributed by atoms with Gasteiger partial charge in [0, 0.05) is 12.2 Å². The number of aromatic nitrogens is 1. The fourth-order valence-corrected chi connectivity index (χ4v) is 2.51. The van der Waals surface area contributed by atoms with E-state index in [0.717, 1.165) is 12.0 Å². The minimum absolute atomic E-state index is 0.0218. The number of carbonyl (C=O) groups is 2. The Balaban J connectivity index is 2.14. The SMILES string of the molecule is Cc1ccnc(N[C@H]2CC[C@@H](C(=O)O)C2)c1C(N)=O. The lowest BCUT2D eigenvalue weighted by Crippen LogP contribution is -2.23. The van der Waals surface area contributed by atoms with Crippen molar-refractivity contribution in [1.29, 1.82) is 0 Å². The Bertz CT molecular complexity index is 516. The van der Waals surface area contributed by atoms with Crippen LogP contribution in [0, 0.1) is 12.8 Å². The fraction of sp³-hybridized carbons (Fsp3) is 0.462. The third kappa shape index (κ3) is 2.83. The van der Waals surface area contributed by atoms with E-state index in [0.29, 0.717) is 24.2 Å². The van der Waals surface area contributed by atoms with Crippen LogP contribution in [-0.4, -0.2) is 28.0 Å². The minimum Gasteiger partial charge on any atom is -0.481 e. The molecule has 102 valence electrons. The second-order valence-corrected chi connectivity index (χ2v) is 4.91. The number of carboxylic acids is 1. The first-order chi connectivity index (χ1) is 8.99. The Labute approximate surface area is 111 Å². The lowest BCUT2D eigenvalue weighted by molar-refractivity contribution is -0.141. The Morgan fingerprint density at radius 2 is 2.21 bits per heavy atom. The highest BCUT2D eigenvalue weighted by molar-refractivity contribution is 5.99. The summed E-state index contributed by atoms with van der Waals surface area (Å²) >= 11 is 0. The number of anilines is 1. The number of primary amides is 1.